The Kier molecular flexibility index (Phi) is 4.08. The van der Waals surface area contributed by atoms with Crippen molar-refractivity contribution in [1.82, 2.24) is 14.9 Å². The molecule has 0 aliphatic carbocycles. The van der Waals surface area contributed by atoms with Crippen LogP contribution in [-0.2, 0) is 4.74 Å². The Hall–Kier alpha value is -1.72. The molecule has 1 aromatic heterocycles. The highest BCUT2D eigenvalue weighted by atomic mass is 16.5. The first-order valence-corrected chi connectivity index (χ1v) is 7.15. The molecule has 0 bridgehead atoms. The molecular formula is C15H20N4O. The average molecular weight is 272 g/mol. The second kappa shape index (κ2) is 6.15. The lowest BCUT2D eigenvalue weighted by atomic mass is 10.2. The Bertz CT molecular complexity index is 575. The Morgan fingerprint density at radius 1 is 1.35 bits per heavy atom. The van der Waals surface area contributed by atoms with Crippen molar-refractivity contribution in [3.63, 3.8) is 0 Å². The van der Waals surface area contributed by atoms with Gasteiger partial charge in [-0.05, 0) is 18.7 Å². The number of aromatic nitrogens is 2. The number of anilines is 1. The van der Waals surface area contributed by atoms with Crippen LogP contribution in [-0.4, -0.2) is 53.8 Å². The fourth-order valence-corrected chi connectivity index (χ4v) is 2.45. The van der Waals surface area contributed by atoms with Gasteiger partial charge in [0.1, 0.15) is 5.82 Å². The number of hydrogen-bond acceptors (Lipinski definition) is 5. The number of rotatable bonds is 4. The summed E-state index contributed by atoms with van der Waals surface area (Å²) in [7, 11) is 0. The van der Waals surface area contributed by atoms with Gasteiger partial charge >= 0.3 is 0 Å². The van der Waals surface area contributed by atoms with E-state index in [-0.39, 0.29) is 6.10 Å². The first kappa shape index (κ1) is 13.3. The summed E-state index contributed by atoms with van der Waals surface area (Å²) in [5.74, 6) is 0.806. The molecule has 2 aromatic rings. The standard InChI is InChI=1S/C15H20N4O/c1-2-19-7-8-20-12(11-19)9-17-15-10-16-13-5-3-4-6-14(13)18-15/h3-6,10,12H,2,7-9,11H2,1H3,(H,17,18)/t12-/m0/s1. The van der Waals surface area contributed by atoms with Crippen LogP contribution < -0.4 is 5.32 Å². The lowest BCUT2D eigenvalue weighted by Crippen LogP contribution is -2.45. The number of para-hydroxylation sites is 2. The maximum absolute atomic E-state index is 5.77. The molecule has 0 saturated carbocycles. The third-order valence-electron chi connectivity index (χ3n) is 3.63. The number of fused-ring (bicyclic) bond motifs is 1. The van der Waals surface area contributed by atoms with Gasteiger partial charge in [-0.3, -0.25) is 9.88 Å². The highest BCUT2D eigenvalue weighted by Gasteiger charge is 2.18. The second-order valence-electron chi connectivity index (χ2n) is 5.01. The average Bonchev–Trinajstić information content (AvgIpc) is 2.53. The van der Waals surface area contributed by atoms with Gasteiger partial charge in [-0.1, -0.05) is 19.1 Å². The fraction of sp³-hybridized carbons (Fsp3) is 0.467. The molecule has 1 fully saturated rings. The van der Waals surface area contributed by atoms with Gasteiger partial charge in [0.05, 0.1) is 29.9 Å². The van der Waals surface area contributed by atoms with E-state index in [1.165, 1.54) is 0 Å². The smallest absolute Gasteiger partial charge is 0.145 e. The van der Waals surface area contributed by atoms with Crippen molar-refractivity contribution < 1.29 is 4.74 Å². The summed E-state index contributed by atoms with van der Waals surface area (Å²) < 4.78 is 5.77. The van der Waals surface area contributed by atoms with Crippen LogP contribution in [0.5, 0.6) is 0 Å². The topological polar surface area (TPSA) is 50.3 Å². The summed E-state index contributed by atoms with van der Waals surface area (Å²) in [6.07, 6.45) is 2.00. The van der Waals surface area contributed by atoms with Gasteiger partial charge in [-0.15, -0.1) is 0 Å². The molecule has 0 spiro atoms. The Balaban J connectivity index is 1.61. The molecular weight excluding hydrogens is 252 g/mol. The third kappa shape index (κ3) is 3.05. The second-order valence-corrected chi connectivity index (χ2v) is 5.01. The van der Waals surface area contributed by atoms with Crippen LogP contribution in [0.1, 0.15) is 6.92 Å². The first-order chi connectivity index (χ1) is 9.85. The van der Waals surface area contributed by atoms with Crippen LogP contribution in [0.25, 0.3) is 11.0 Å². The van der Waals surface area contributed by atoms with Gasteiger partial charge in [0.25, 0.3) is 0 Å². The summed E-state index contributed by atoms with van der Waals surface area (Å²) in [6.45, 7) is 6.85. The molecule has 1 aromatic carbocycles. The number of morpholine rings is 1. The maximum Gasteiger partial charge on any atom is 0.145 e. The molecule has 0 amide bonds. The highest BCUT2D eigenvalue weighted by molar-refractivity contribution is 5.75. The third-order valence-corrected chi connectivity index (χ3v) is 3.63. The number of ether oxygens (including phenoxy) is 1. The number of benzene rings is 1. The van der Waals surface area contributed by atoms with Crippen molar-refractivity contribution in [3.8, 4) is 0 Å². The van der Waals surface area contributed by atoms with E-state index in [9.17, 15) is 0 Å². The Morgan fingerprint density at radius 2 is 2.20 bits per heavy atom. The van der Waals surface area contributed by atoms with E-state index in [0.717, 1.165) is 49.6 Å². The van der Waals surface area contributed by atoms with E-state index < -0.39 is 0 Å². The number of nitrogens with zero attached hydrogens (tertiary/aromatic N) is 3. The minimum Gasteiger partial charge on any atom is -0.374 e. The number of nitrogens with one attached hydrogen (secondary N) is 1. The summed E-state index contributed by atoms with van der Waals surface area (Å²) in [4.78, 5) is 11.4. The zero-order valence-electron chi connectivity index (χ0n) is 11.7. The van der Waals surface area contributed by atoms with Crippen LogP contribution in [0.15, 0.2) is 30.5 Å². The Morgan fingerprint density at radius 3 is 3.05 bits per heavy atom. The number of hydrogen-bond donors (Lipinski definition) is 1. The van der Waals surface area contributed by atoms with Gasteiger partial charge in [0.2, 0.25) is 0 Å². The van der Waals surface area contributed by atoms with Crippen LogP contribution in [0.3, 0.4) is 0 Å². The summed E-state index contributed by atoms with van der Waals surface area (Å²) in [5, 5.41) is 3.33. The summed E-state index contributed by atoms with van der Waals surface area (Å²) in [5.41, 5.74) is 1.83. The molecule has 0 radical (unpaired) electrons. The van der Waals surface area contributed by atoms with Crippen molar-refractivity contribution in [2.75, 3.05) is 38.1 Å². The van der Waals surface area contributed by atoms with Crippen LogP contribution in [0.4, 0.5) is 5.82 Å². The molecule has 5 nitrogen and oxygen atoms in total. The molecule has 3 rings (SSSR count). The predicted molar refractivity (Wildman–Crippen MR) is 79.9 cm³/mol. The molecule has 0 unspecified atom stereocenters. The predicted octanol–water partition coefficient (Wildman–Crippen LogP) is 1.76. The van der Waals surface area contributed by atoms with E-state index in [1.54, 1.807) is 6.20 Å². The quantitative estimate of drug-likeness (QED) is 0.919. The maximum atomic E-state index is 5.77. The van der Waals surface area contributed by atoms with Gasteiger partial charge in [-0.25, -0.2) is 4.98 Å². The van der Waals surface area contributed by atoms with E-state index >= 15 is 0 Å². The molecule has 106 valence electrons. The fourth-order valence-electron chi connectivity index (χ4n) is 2.45. The van der Waals surface area contributed by atoms with Crippen molar-refractivity contribution in [2.45, 2.75) is 13.0 Å². The molecule has 1 N–H and O–H groups in total. The van der Waals surface area contributed by atoms with E-state index in [2.05, 4.69) is 27.1 Å². The van der Waals surface area contributed by atoms with E-state index in [4.69, 9.17) is 4.74 Å². The SMILES string of the molecule is CCN1CCO[C@@H](CNc2cnc3ccccc3n2)C1. The van der Waals surface area contributed by atoms with Crippen molar-refractivity contribution >= 4 is 16.9 Å². The van der Waals surface area contributed by atoms with E-state index in [1.807, 2.05) is 24.3 Å². The molecule has 2 heterocycles. The van der Waals surface area contributed by atoms with E-state index in [0.29, 0.717) is 0 Å². The van der Waals surface area contributed by atoms with Crippen molar-refractivity contribution in [2.24, 2.45) is 0 Å². The van der Waals surface area contributed by atoms with Crippen LogP contribution in [0.2, 0.25) is 0 Å². The zero-order chi connectivity index (χ0) is 13.8. The number of likely N-dealkylation sites (N-methyl/N-ethyl adjacent to an activating group) is 1. The zero-order valence-corrected chi connectivity index (χ0v) is 11.7. The van der Waals surface area contributed by atoms with Crippen molar-refractivity contribution in [1.29, 1.82) is 0 Å². The minimum atomic E-state index is 0.219. The molecule has 1 saturated heterocycles. The van der Waals surface area contributed by atoms with Crippen LogP contribution >= 0.6 is 0 Å². The normalized spacial score (nSPS) is 20.1. The van der Waals surface area contributed by atoms with Gasteiger partial charge in [-0.2, -0.15) is 0 Å². The molecule has 20 heavy (non-hydrogen) atoms. The van der Waals surface area contributed by atoms with Gasteiger partial charge in [0.15, 0.2) is 0 Å². The molecule has 5 heteroatoms. The molecule has 1 atom stereocenters. The lowest BCUT2D eigenvalue weighted by molar-refractivity contribution is -0.0192. The van der Waals surface area contributed by atoms with Crippen LogP contribution in [0, 0.1) is 0 Å². The lowest BCUT2D eigenvalue weighted by Gasteiger charge is -2.32. The van der Waals surface area contributed by atoms with Gasteiger partial charge < -0.3 is 10.1 Å². The Labute approximate surface area is 119 Å². The minimum absolute atomic E-state index is 0.219. The molecule has 1 aliphatic rings. The highest BCUT2D eigenvalue weighted by Crippen LogP contribution is 2.12. The summed E-state index contributed by atoms with van der Waals surface area (Å²) in [6, 6.07) is 7.89. The summed E-state index contributed by atoms with van der Waals surface area (Å²) >= 11 is 0. The van der Waals surface area contributed by atoms with Gasteiger partial charge in [0, 0.05) is 19.6 Å². The first-order valence-electron chi connectivity index (χ1n) is 7.15. The monoisotopic (exact) mass is 272 g/mol. The van der Waals surface area contributed by atoms with Crippen molar-refractivity contribution in [3.05, 3.63) is 30.5 Å². The largest absolute Gasteiger partial charge is 0.374 e. The molecule has 1 aliphatic heterocycles.